The van der Waals surface area contributed by atoms with E-state index >= 15 is 0 Å². The number of nitrogens with zero attached hydrogens (tertiary/aromatic N) is 2. The van der Waals surface area contributed by atoms with Gasteiger partial charge in [0.2, 0.25) is 5.89 Å². The Hall–Kier alpha value is -2.02. The standard InChI is InChI=1S/C20H29N3O3S/c1-7-13(2)16(21-18(24)26-20(4,5)6)17-22-23-19(25-17)27-12-15-11-9-8-10-14(15)3/h8-11,13,16H,7,12H2,1-6H3,(H,21,24)/t13?,16-/m0/s1. The van der Waals surface area contributed by atoms with Crippen molar-refractivity contribution < 1.29 is 13.9 Å². The van der Waals surface area contributed by atoms with Gasteiger partial charge < -0.3 is 14.5 Å². The van der Waals surface area contributed by atoms with Crippen LogP contribution < -0.4 is 5.32 Å². The highest BCUT2D eigenvalue weighted by Crippen LogP contribution is 2.28. The van der Waals surface area contributed by atoms with E-state index in [-0.39, 0.29) is 12.0 Å². The lowest BCUT2D eigenvalue weighted by molar-refractivity contribution is 0.0474. The number of aryl methyl sites for hydroxylation is 1. The highest BCUT2D eigenvalue weighted by molar-refractivity contribution is 7.98. The Morgan fingerprint density at radius 1 is 1.30 bits per heavy atom. The first-order chi connectivity index (χ1) is 12.7. The molecular formula is C20H29N3O3S. The van der Waals surface area contributed by atoms with Crippen molar-refractivity contribution in [3.05, 3.63) is 41.3 Å². The molecule has 1 aromatic carbocycles. The number of carbonyl (C=O) groups excluding carboxylic acids is 1. The zero-order valence-corrected chi connectivity index (χ0v) is 17.7. The molecule has 0 aliphatic rings. The number of amides is 1. The fourth-order valence-electron chi connectivity index (χ4n) is 2.43. The number of benzene rings is 1. The number of hydrogen-bond acceptors (Lipinski definition) is 6. The molecule has 1 amide bonds. The van der Waals surface area contributed by atoms with E-state index in [0.29, 0.717) is 11.1 Å². The van der Waals surface area contributed by atoms with Crippen molar-refractivity contribution in [2.45, 2.75) is 70.6 Å². The third-order valence-corrected chi connectivity index (χ3v) is 5.05. The number of alkyl carbamates (subject to hydrolysis) is 1. The highest BCUT2D eigenvalue weighted by Gasteiger charge is 2.28. The van der Waals surface area contributed by atoms with E-state index in [1.807, 2.05) is 39.8 Å². The molecule has 0 bridgehead atoms. The molecule has 6 nitrogen and oxygen atoms in total. The quantitative estimate of drug-likeness (QED) is 0.647. The average molecular weight is 392 g/mol. The van der Waals surface area contributed by atoms with E-state index in [2.05, 4.69) is 41.5 Å². The molecule has 0 aliphatic carbocycles. The Morgan fingerprint density at radius 2 is 2.00 bits per heavy atom. The second-order valence-electron chi connectivity index (χ2n) is 7.63. The molecule has 1 aromatic heterocycles. The van der Waals surface area contributed by atoms with E-state index < -0.39 is 11.7 Å². The van der Waals surface area contributed by atoms with Gasteiger partial charge in [-0.05, 0) is 44.7 Å². The molecule has 2 atom stereocenters. The van der Waals surface area contributed by atoms with Crippen molar-refractivity contribution in [1.82, 2.24) is 15.5 Å². The van der Waals surface area contributed by atoms with Crippen LogP contribution in [-0.2, 0) is 10.5 Å². The zero-order valence-electron chi connectivity index (χ0n) is 16.9. The van der Waals surface area contributed by atoms with Gasteiger partial charge >= 0.3 is 6.09 Å². The van der Waals surface area contributed by atoms with E-state index in [1.54, 1.807) is 0 Å². The molecule has 2 aromatic rings. The Bertz CT molecular complexity index is 755. The molecule has 0 aliphatic heterocycles. The first-order valence-electron chi connectivity index (χ1n) is 9.19. The number of aromatic nitrogens is 2. The lowest BCUT2D eigenvalue weighted by Gasteiger charge is -2.24. The van der Waals surface area contributed by atoms with Gasteiger partial charge in [-0.25, -0.2) is 4.79 Å². The van der Waals surface area contributed by atoms with Crippen LogP contribution in [0.5, 0.6) is 0 Å². The summed E-state index contributed by atoms with van der Waals surface area (Å²) in [4.78, 5) is 12.2. The molecule has 0 radical (unpaired) electrons. The maximum atomic E-state index is 12.2. The van der Waals surface area contributed by atoms with E-state index in [0.717, 1.165) is 12.2 Å². The maximum absolute atomic E-state index is 12.2. The van der Waals surface area contributed by atoms with Gasteiger partial charge in [0.15, 0.2) is 0 Å². The second-order valence-corrected chi connectivity index (χ2v) is 8.56. The first kappa shape index (κ1) is 21.3. The number of carbonyl (C=O) groups is 1. The van der Waals surface area contributed by atoms with Crippen LogP contribution in [0, 0.1) is 12.8 Å². The van der Waals surface area contributed by atoms with Gasteiger partial charge in [-0.1, -0.05) is 56.3 Å². The van der Waals surface area contributed by atoms with Crippen LogP contribution >= 0.6 is 11.8 Å². The summed E-state index contributed by atoms with van der Waals surface area (Å²) >= 11 is 1.49. The Morgan fingerprint density at radius 3 is 2.63 bits per heavy atom. The molecule has 0 spiro atoms. The third-order valence-electron chi connectivity index (χ3n) is 4.19. The van der Waals surface area contributed by atoms with Crippen molar-refractivity contribution in [3.63, 3.8) is 0 Å². The van der Waals surface area contributed by atoms with E-state index in [9.17, 15) is 4.79 Å². The summed E-state index contributed by atoms with van der Waals surface area (Å²) in [6.07, 6.45) is 0.370. The van der Waals surface area contributed by atoms with Crippen molar-refractivity contribution in [3.8, 4) is 0 Å². The fourth-order valence-corrected chi connectivity index (χ4v) is 3.28. The molecule has 1 unspecified atom stereocenters. The molecular weight excluding hydrogens is 362 g/mol. The smallest absolute Gasteiger partial charge is 0.408 e. The average Bonchev–Trinajstić information content (AvgIpc) is 3.05. The fraction of sp³-hybridized carbons (Fsp3) is 0.550. The largest absolute Gasteiger partial charge is 0.444 e. The minimum absolute atomic E-state index is 0.132. The van der Waals surface area contributed by atoms with Gasteiger partial charge in [0.1, 0.15) is 11.6 Å². The van der Waals surface area contributed by atoms with Crippen LogP contribution in [0.3, 0.4) is 0 Å². The molecule has 0 saturated heterocycles. The second kappa shape index (κ2) is 9.26. The number of ether oxygens (including phenoxy) is 1. The Balaban J connectivity index is 2.06. The molecule has 1 N–H and O–H groups in total. The van der Waals surface area contributed by atoms with Gasteiger partial charge in [0.25, 0.3) is 5.22 Å². The SMILES string of the molecule is CCC(C)[C@H](NC(=O)OC(C)(C)C)c1nnc(SCc2ccccc2C)o1. The molecule has 2 rings (SSSR count). The Kier molecular flexibility index (Phi) is 7.30. The van der Waals surface area contributed by atoms with E-state index in [4.69, 9.17) is 9.15 Å². The van der Waals surface area contributed by atoms with Crippen LogP contribution in [0.2, 0.25) is 0 Å². The number of rotatable bonds is 7. The van der Waals surface area contributed by atoms with Crippen LogP contribution in [0.25, 0.3) is 0 Å². The third kappa shape index (κ3) is 6.57. The van der Waals surface area contributed by atoms with Crippen LogP contribution in [-0.4, -0.2) is 21.9 Å². The summed E-state index contributed by atoms with van der Waals surface area (Å²) in [5.41, 5.74) is 1.90. The molecule has 1 heterocycles. The van der Waals surface area contributed by atoms with Crippen LogP contribution in [0.4, 0.5) is 4.79 Å². The molecule has 148 valence electrons. The monoisotopic (exact) mass is 391 g/mol. The van der Waals surface area contributed by atoms with Gasteiger partial charge in [-0.3, -0.25) is 0 Å². The summed E-state index contributed by atoms with van der Waals surface area (Å²) in [6, 6.07) is 7.83. The lowest BCUT2D eigenvalue weighted by atomic mass is 9.99. The number of hydrogen-bond donors (Lipinski definition) is 1. The van der Waals surface area contributed by atoms with Crippen molar-refractivity contribution in [2.24, 2.45) is 5.92 Å². The number of thioether (sulfide) groups is 1. The van der Waals surface area contributed by atoms with E-state index in [1.165, 1.54) is 22.9 Å². The molecule has 27 heavy (non-hydrogen) atoms. The highest BCUT2D eigenvalue weighted by atomic mass is 32.2. The summed E-state index contributed by atoms with van der Waals surface area (Å²) < 4.78 is 11.2. The van der Waals surface area contributed by atoms with Gasteiger partial charge in [-0.15, -0.1) is 10.2 Å². The lowest BCUT2D eigenvalue weighted by Crippen LogP contribution is -2.37. The van der Waals surface area contributed by atoms with Crippen molar-refractivity contribution in [1.29, 1.82) is 0 Å². The minimum Gasteiger partial charge on any atom is -0.444 e. The van der Waals surface area contributed by atoms with Crippen molar-refractivity contribution in [2.75, 3.05) is 0 Å². The van der Waals surface area contributed by atoms with Gasteiger partial charge in [0, 0.05) is 5.75 Å². The van der Waals surface area contributed by atoms with Gasteiger partial charge in [0.05, 0.1) is 0 Å². The topological polar surface area (TPSA) is 77.2 Å². The predicted molar refractivity (Wildman–Crippen MR) is 107 cm³/mol. The summed E-state index contributed by atoms with van der Waals surface area (Å²) in [5, 5.41) is 11.7. The maximum Gasteiger partial charge on any atom is 0.408 e. The summed E-state index contributed by atoms with van der Waals surface area (Å²) in [5.74, 6) is 1.29. The van der Waals surface area contributed by atoms with Crippen LogP contribution in [0.15, 0.2) is 33.9 Å². The minimum atomic E-state index is -0.562. The molecule has 0 fully saturated rings. The zero-order chi connectivity index (χ0) is 20.0. The number of nitrogens with one attached hydrogen (secondary N) is 1. The molecule has 7 heteroatoms. The van der Waals surface area contributed by atoms with Crippen molar-refractivity contribution >= 4 is 17.9 Å². The summed E-state index contributed by atoms with van der Waals surface area (Å²) in [6.45, 7) is 11.7. The van der Waals surface area contributed by atoms with Gasteiger partial charge in [-0.2, -0.15) is 0 Å². The predicted octanol–water partition coefficient (Wildman–Crippen LogP) is 5.28. The normalized spacial score (nSPS) is 13.9. The van der Waals surface area contributed by atoms with Crippen LogP contribution in [0.1, 0.15) is 64.1 Å². The molecule has 0 saturated carbocycles. The first-order valence-corrected chi connectivity index (χ1v) is 10.2. The summed E-state index contributed by atoms with van der Waals surface area (Å²) in [7, 11) is 0. The Labute approximate surface area is 165 Å².